The lowest BCUT2D eigenvalue weighted by molar-refractivity contribution is 0.0971. The summed E-state index contributed by atoms with van der Waals surface area (Å²) in [5.74, 6) is -0.0193. The van der Waals surface area contributed by atoms with E-state index in [1.807, 2.05) is 12.1 Å². The third kappa shape index (κ3) is 2.68. The summed E-state index contributed by atoms with van der Waals surface area (Å²) in [7, 11) is 0. The van der Waals surface area contributed by atoms with Crippen LogP contribution in [0.1, 0.15) is 27.7 Å². The van der Waals surface area contributed by atoms with E-state index < -0.39 is 5.91 Å². The normalized spacial score (nSPS) is 10.6. The van der Waals surface area contributed by atoms with Gasteiger partial charge in [0.25, 0.3) is 5.91 Å². The van der Waals surface area contributed by atoms with Crippen molar-refractivity contribution in [2.45, 2.75) is 19.8 Å². The maximum absolute atomic E-state index is 11.0. The quantitative estimate of drug-likeness (QED) is 0.856. The number of aryl methyl sites for hydroxylation is 3. The minimum Gasteiger partial charge on any atom is -0.435 e. The van der Waals surface area contributed by atoms with Gasteiger partial charge in [0, 0.05) is 12.6 Å². The van der Waals surface area contributed by atoms with E-state index in [1.165, 1.54) is 0 Å². The van der Waals surface area contributed by atoms with E-state index in [-0.39, 0.29) is 5.76 Å². The highest BCUT2D eigenvalue weighted by Crippen LogP contribution is 2.16. The second-order valence-corrected chi connectivity index (χ2v) is 4.20. The van der Waals surface area contributed by atoms with E-state index in [2.05, 4.69) is 9.97 Å². The van der Waals surface area contributed by atoms with Gasteiger partial charge >= 0.3 is 0 Å². The van der Waals surface area contributed by atoms with Crippen molar-refractivity contribution in [3.63, 3.8) is 0 Å². The lowest BCUT2D eigenvalue weighted by atomic mass is 10.1. The van der Waals surface area contributed by atoms with Gasteiger partial charge in [0.15, 0.2) is 5.89 Å². The highest BCUT2D eigenvalue weighted by atomic mass is 35.5. The highest BCUT2D eigenvalue weighted by molar-refractivity contribution is 6.30. The van der Waals surface area contributed by atoms with Gasteiger partial charge in [-0.2, -0.15) is 0 Å². The van der Waals surface area contributed by atoms with Crippen molar-refractivity contribution in [3.8, 4) is 0 Å². The summed E-state index contributed by atoms with van der Waals surface area (Å²) in [6.45, 7) is 1.68. The van der Waals surface area contributed by atoms with E-state index in [9.17, 15) is 4.79 Å². The lowest BCUT2D eigenvalue weighted by Crippen LogP contribution is -2.10. The zero-order chi connectivity index (χ0) is 13.1. The minimum absolute atomic E-state index is 0.113. The van der Waals surface area contributed by atoms with Crippen LogP contribution in [0.4, 0.5) is 0 Å². The van der Waals surface area contributed by atoms with Crippen LogP contribution in [0.5, 0.6) is 0 Å². The smallest absolute Gasteiger partial charge is 0.286 e. The first-order valence-electron chi connectivity index (χ1n) is 5.43. The Labute approximate surface area is 109 Å². The Balaban J connectivity index is 2.09. The minimum atomic E-state index is -0.606. The molecule has 2 aromatic heterocycles. The number of carbonyl (C=O) groups is 1. The van der Waals surface area contributed by atoms with E-state index in [0.29, 0.717) is 29.6 Å². The Morgan fingerprint density at radius 2 is 2.28 bits per heavy atom. The number of oxazole rings is 1. The van der Waals surface area contributed by atoms with Crippen LogP contribution in [-0.2, 0) is 12.8 Å². The van der Waals surface area contributed by atoms with E-state index in [1.54, 1.807) is 13.1 Å². The van der Waals surface area contributed by atoms with Gasteiger partial charge in [-0.1, -0.05) is 17.7 Å². The van der Waals surface area contributed by atoms with Crippen LogP contribution in [0.3, 0.4) is 0 Å². The van der Waals surface area contributed by atoms with E-state index in [4.69, 9.17) is 21.8 Å². The molecule has 94 valence electrons. The second-order valence-electron chi connectivity index (χ2n) is 3.84. The molecule has 0 unspecified atom stereocenters. The van der Waals surface area contributed by atoms with Crippen LogP contribution in [0.25, 0.3) is 0 Å². The van der Waals surface area contributed by atoms with Crippen LogP contribution >= 0.6 is 11.6 Å². The molecule has 0 saturated heterocycles. The molecule has 0 fully saturated rings. The van der Waals surface area contributed by atoms with E-state index in [0.717, 1.165) is 5.56 Å². The molecular weight excluding hydrogens is 254 g/mol. The van der Waals surface area contributed by atoms with Gasteiger partial charge in [0.1, 0.15) is 5.15 Å². The van der Waals surface area contributed by atoms with Gasteiger partial charge in [-0.05, 0) is 25.0 Å². The van der Waals surface area contributed by atoms with Gasteiger partial charge in [0.2, 0.25) is 5.76 Å². The average Bonchev–Trinajstić information content (AvgIpc) is 2.70. The van der Waals surface area contributed by atoms with Gasteiger partial charge in [-0.25, -0.2) is 9.97 Å². The number of rotatable bonds is 4. The van der Waals surface area contributed by atoms with Crippen LogP contribution in [0.2, 0.25) is 5.15 Å². The van der Waals surface area contributed by atoms with Crippen molar-refractivity contribution >= 4 is 17.5 Å². The predicted molar refractivity (Wildman–Crippen MR) is 66.4 cm³/mol. The zero-order valence-electron chi connectivity index (χ0n) is 9.81. The zero-order valence-corrected chi connectivity index (χ0v) is 10.6. The van der Waals surface area contributed by atoms with Crippen molar-refractivity contribution < 1.29 is 9.21 Å². The van der Waals surface area contributed by atoms with Gasteiger partial charge < -0.3 is 10.2 Å². The number of hydrogen-bond donors (Lipinski definition) is 1. The van der Waals surface area contributed by atoms with Crippen molar-refractivity contribution in [1.29, 1.82) is 0 Å². The molecule has 0 spiro atoms. The molecule has 0 bridgehead atoms. The molecule has 0 radical (unpaired) electrons. The number of amides is 1. The molecule has 2 heterocycles. The maximum atomic E-state index is 11.0. The number of halogens is 1. The molecule has 2 N–H and O–H groups in total. The molecule has 0 aromatic carbocycles. The van der Waals surface area contributed by atoms with E-state index >= 15 is 0 Å². The van der Waals surface area contributed by atoms with Crippen molar-refractivity contribution in [2.75, 3.05) is 0 Å². The first kappa shape index (κ1) is 12.6. The second kappa shape index (κ2) is 5.18. The summed E-state index contributed by atoms with van der Waals surface area (Å²) in [6.07, 6.45) is 2.82. The summed E-state index contributed by atoms with van der Waals surface area (Å²) in [5, 5.41) is 0.468. The third-order valence-corrected chi connectivity index (χ3v) is 2.85. The highest BCUT2D eigenvalue weighted by Gasteiger charge is 2.14. The third-order valence-electron chi connectivity index (χ3n) is 2.51. The molecule has 0 atom stereocenters. The summed E-state index contributed by atoms with van der Waals surface area (Å²) in [5.41, 5.74) is 6.58. The molecule has 1 amide bonds. The summed E-state index contributed by atoms with van der Waals surface area (Å²) in [4.78, 5) is 19.1. The summed E-state index contributed by atoms with van der Waals surface area (Å²) in [6, 6.07) is 3.71. The number of primary amides is 1. The molecule has 0 aliphatic heterocycles. The Hall–Kier alpha value is -1.88. The fraction of sp³-hybridized carbons (Fsp3) is 0.250. The molecule has 0 aliphatic rings. The van der Waals surface area contributed by atoms with Crippen LogP contribution in [0, 0.1) is 6.92 Å². The molecule has 2 rings (SSSR count). The molecular formula is C12H12ClN3O2. The molecule has 6 heteroatoms. The number of carbonyl (C=O) groups excluding carboxylic acids is 1. The summed E-state index contributed by atoms with van der Waals surface area (Å²) >= 11 is 5.94. The lowest BCUT2D eigenvalue weighted by Gasteiger charge is -2.00. The van der Waals surface area contributed by atoms with Crippen molar-refractivity contribution in [1.82, 2.24) is 9.97 Å². The van der Waals surface area contributed by atoms with Gasteiger partial charge in [-0.3, -0.25) is 4.79 Å². The number of nitrogens with two attached hydrogens (primary N) is 1. The fourth-order valence-electron chi connectivity index (χ4n) is 1.64. The summed E-state index contributed by atoms with van der Waals surface area (Å²) < 4.78 is 5.29. The maximum Gasteiger partial charge on any atom is 0.286 e. The number of hydrogen-bond acceptors (Lipinski definition) is 4. The molecule has 2 aromatic rings. The predicted octanol–water partition coefficient (Wildman–Crippen LogP) is 1.92. The standard InChI is InChI=1S/C12H12ClN3O2/c1-7-10(12(14)17)18-9(16-7)5-4-8-3-2-6-15-11(8)13/h2-3,6H,4-5H2,1H3,(H2,14,17). The fourth-order valence-corrected chi connectivity index (χ4v) is 1.85. The average molecular weight is 266 g/mol. The Bertz CT molecular complexity index is 580. The van der Waals surface area contributed by atoms with Gasteiger partial charge in [-0.15, -0.1) is 0 Å². The van der Waals surface area contributed by atoms with Gasteiger partial charge in [0.05, 0.1) is 5.69 Å². The van der Waals surface area contributed by atoms with Crippen LogP contribution in [-0.4, -0.2) is 15.9 Å². The number of aromatic nitrogens is 2. The Morgan fingerprint density at radius 1 is 1.50 bits per heavy atom. The monoisotopic (exact) mass is 265 g/mol. The van der Waals surface area contributed by atoms with Crippen molar-refractivity contribution in [2.24, 2.45) is 5.73 Å². The molecule has 0 aliphatic carbocycles. The molecule has 5 nitrogen and oxygen atoms in total. The largest absolute Gasteiger partial charge is 0.435 e. The first-order valence-corrected chi connectivity index (χ1v) is 5.81. The first-order chi connectivity index (χ1) is 8.58. The SMILES string of the molecule is Cc1nc(CCc2cccnc2Cl)oc1C(N)=O. The molecule has 18 heavy (non-hydrogen) atoms. The number of pyridine rings is 1. The number of nitrogens with zero attached hydrogens (tertiary/aromatic N) is 2. The Kier molecular flexibility index (Phi) is 3.62. The topological polar surface area (TPSA) is 82.0 Å². The van der Waals surface area contributed by atoms with Crippen LogP contribution < -0.4 is 5.73 Å². The molecule has 0 saturated carbocycles. The van der Waals surface area contributed by atoms with Crippen LogP contribution in [0.15, 0.2) is 22.7 Å². The van der Waals surface area contributed by atoms with Crippen molar-refractivity contribution in [3.05, 3.63) is 46.4 Å². The Morgan fingerprint density at radius 3 is 2.89 bits per heavy atom.